The lowest BCUT2D eigenvalue weighted by molar-refractivity contribution is -0.165. The van der Waals surface area contributed by atoms with Crippen molar-refractivity contribution in [1.29, 1.82) is 5.26 Å². The summed E-state index contributed by atoms with van der Waals surface area (Å²) < 4.78 is 48.1. The molecule has 6 atom stereocenters. The van der Waals surface area contributed by atoms with Gasteiger partial charge in [-0.25, -0.2) is 19.6 Å². The van der Waals surface area contributed by atoms with Gasteiger partial charge in [-0.2, -0.15) is 14.0 Å². The minimum Gasteiger partial charge on any atom is -0.471 e. The fourth-order valence-electron chi connectivity index (χ4n) is 6.13. The molecule has 2 fully saturated rings. The number of nitrogens with zero attached hydrogens (tertiary/aromatic N) is 4. The Balaban J connectivity index is 1.71. The molecule has 0 radical (unpaired) electrons. The van der Waals surface area contributed by atoms with E-state index in [2.05, 4.69) is 28.4 Å². The van der Waals surface area contributed by atoms with Crippen molar-refractivity contribution >= 4 is 29.0 Å². The van der Waals surface area contributed by atoms with Crippen LogP contribution in [0.4, 0.5) is 13.6 Å². The maximum absolute atomic E-state index is 15.3. The van der Waals surface area contributed by atoms with Crippen molar-refractivity contribution in [2.24, 2.45) is 17.3 Å². The highest BCUT2D eigenvalue weighted by atomic mass is 19.3. The van der Waals surface area contributed by atoms with Crippen molar-refractivity contribution in [3.8, 4) is 11.9 Å². The predicted octanol–water partition coefficient (Wildman–Crippen LogP) is 6.60. The molecule has 6 unspecified atom stereocenters. The van der Waals surface area contributed by atoms with Gasteiger partial charge < -0.3 is 24.4 Å². The first-order valence-electron chi connectivity index (χ1n) is 16.8. The molecule has 2 heterocycles. The predicted molar refractivity (Wildman–Crippen MR) is 182 cm³/mol. The Kier molecular flexibility index (Phi) is 11.2. The Labute approximate surface area is 292 Å². The summed E-state index contributed by atoms with van der Waals surface area (Å²) >= 11 is 0. The molecule has 1 aromatic heterocycles. The lowest BCUT2D eigenvalue weighted by atomic mass is 9.85. The Morgan fingerprint density at radius 3 is 2.40 bits per heavy atom. The van der Waals surface area contributed by atoms with Crippen molar-refractivity contribution in [2.45, 2.75) is 110 Å². The summed E-state index contributed by atoms with van der Waals surface area (Å²) in [5, 5.41) is 12.1. The standard InChI is InChI=1S/C37H47F2N5O6/c1-10-13-14-22-18-26(22)49-34(47)43-30(35(4,5)6)32(45)44-20-27(23(11-2)28(44)33(46)50-36(7,8)9)48-31-29(37(38,39)12-3)41-24-16-15-21(19-40)17-25(24)42-31/h10,12,15-17,22-23,26-28,30H,1,3,11,13-14,18,20H2,2,4-9H3,(H,43,47). The maximum atomic E-state index is 15.3. The number of carbonyl (C=O) groups is 3. The van der Waals surface area contributed by atoms with E-state index in [1.807, 2.05) is 12.1 Å². The minimum atomic E-state index is -3.65. The lowest BCUT2D eigenvalue weighted by Gasteiger charge is -2.36. The highest BCUT2D eigenvalue weighted by molar-refractivity contribution is 5.91. The molecule has 1 aliphatic heterocycles. The second-order valence-corrected chi connectivity index (χ2v) is 15.0. The Morgan fingerprint density at radius 1 is 1.12 bits per heavy atom. The van der Waals surface area contributed by atoms with Gasteiger partial charge in [0.1, 0.15) is 29.9 Å². The first-order chi connectivity index (χ1) is 23.3. The number of esters is 1. The molecule has 2 aliphatic rings. The van der Waals surface area contributed by atoms with Gasteiger partial charge in [0.15, 0.2) is 5.69 Å². The molecular formula is C37H47F2N5O6. The van der Waals surface area contributed by atoms with Crippen LogP contribution in [0.3, 0.4) is 0 Å². The van der Waals surface area contributed by atoms with Crippen molar-refractivity contribution in [3.05, 3.63) is 54.8 Å². The third kappa shape index (κ3) is 8.76. The number of allylic oxidation sites excluding steroid dienone is 2. The van der Waals surface area contributed by atoms with E-state index in [9.17, 15) is 19.6 Å². The number of rotatable bonds is 12. The number of alkyl carbamates (subject to hydrolysis) is 1. The first kappa shape index (κ1) is 38.2. The molecule has 1 saturated carbocycles. The van der Waals surface area contributed by atoms with Gasteiger partial charge >= 0.3 is 18.0 Å². The van der Waals surface area contributed by atoms with Crippen LogP contribution in [0, 0.1) is 28.6 Å². The molecule has 2 aromatic rings. The zero-order valence-corrected chi connectivity index (χ0v) is 29.8. The zero-order valence-electron chi connectivity index (χ0n) is 29.8. The van der Waals surface area contributed by atoms with Crippen molar-refractivity contribution in [1.82, 2.24) is 20.2 Å². The van der Waals surface area contributed by atoms with Crippen LogP contribution in [0.5, 0.6) is 5.88 Å². The maximum Gasteiger partial charge on any atom is 0.408 e. The smallest absolute Gasteiger partial charge is 0.408 e. The monoisotopic (exact) mass is 695 g/mol. The van der Waals surface area contributed by atoms with Crippen LogP contribution < -0.4 is 10.1 Å². The molecule has 1 N–H and O–H groups in total. The topological polar surface area (TPSA) is 144 Å². The van der Waals surface area contributed by atoms with E-state index in [1.165, 1.54) is 23.1 Å². The Morgan fingerprint density at radius 2 is 1.82 bits per heavy atom. The number of nitrogens with one attached hydrogen (secondary N) is 1. The van der Waals surface area contributed by atoms with Gasteiger partial charge in [0.05, 0.1) is 29.2 Å². The quantitative estimate of drug-likeness (QED) is 0.192. The summed E-state index contributed by atoms with van der Waals surface area (Å²) in [5.74, 6) is -5.98. The van der Waals surface area contributed by atoms with Gasteiger partial charge in [-0.15, -0.1) is 6.58 Å². The van der Waals surface area contributed by atoms with E-state index in [0.717, 1.165) is 19.3 Å². The van der Waals surface area contributed by atoms with Gasteiger partial charge in [0.2, 0.25) is 11.8 Å². The van der Waals surface area contributed by atoms with E-state index in [0.29, 0.717) is 6.08 Å². The summed E-state index contributed by atoms with van der Waals surface area (Å²) in [4.78, 5) is 51.2. The average Bonchev–Trinajstić information content (AvgIpc) is 3.66. The molecule has 4 rings (SSSR count). The van der Waals surface area contributed by atoms with Crippen LogP contribution in [0.25, 0.3) is 11.0 Å². The van der Waals surface area contributed by atoms with Gasteiger partial charge in [-0.1, -0.05) is 40.3 Å². The second-order valence-electron chi connectivity index (χ2n) is 15.0. The van der Waals surface area contributed by atoms with Gasteiger partial charge in [-0.3, -0.25) is 4.79 Å². The Bertz CT molecular complexity index is 1680. The van der Waals surface area contributed by atoms with E-state index in [4.69, 9.17) is 14.2 Å². The van der Waals surface area contributed by atoms with Gasteiger partial charge in [0, 0.05) is 5.92 Å². The number of nitriles is 1. The van der Waals surface area contributed by atoms with Crippen LogP contribution >= 0.6 is 0 Å². The Hall–Kier alpha value is -4.60. The number of hydrogen-bond donors (Lipinski definition) is 1. The average molecular weight is 696 g/mol. The molecule has 0 bridgehead atoms. The third-order valence-electron chi connectivity index (χ3n) is 8.83. The number of amides is 2. The fourth-order valence-corrected chi connectivity index (χ4v) is 6.13. The number of hydrogen-bond acceptors (Lipinski definition) is 9. The summed E-state index contributed by atoms with van der Waals surface area (Å²) in [5.41, 5.74) is -2.06. The van der Waals surface area contributed by atoms with E-state index >= 15 is 8.78 Å². The normalized spacial score (nSPS) is 22.6. The minimum absolute atomic E-state index is 0.110. The van der Waals surface area contributed by atoms with Crippen LogP contribution in [0.1, 0.15) is 85.4 Å². The molecule has 11 nitrogen and oxygen atoms in total. The molecule has 270 valence electrons. The highest BCUT2D eigenvalue weighted by Crippen LogP contribution is 2.40. The fraction of sp³-hybridized carbons (Fsp3) is 0.568. The van der Waals surface area contributed by atoms with Crippen LogP contribution in [0.15, 0.2) is 43.5 Å². The number of alkyl halides is 2. The van der Waals surface area contributed by atoms with Crippen molar-refractivity contribution in [3.63, 3.8) is 0 Å². The lowest BCUT2D eigenvalue weighted by Crippen LogP contribution is -2.58. The van der Waals surface area contributed by atoms with E-state index in [1.54, 1.807) is 48.5 Å². The number of fused-ring (bicyclic) bond motifs is 1. The molecule has 13 heteroatoms. The van der Waals surface area contributed by atoms with Gasteiger partial charge in [0.25, 0.3) is 0 Å². The molecule has 1 saturated heterocycles. The number of benzene rings is 1. The van der Waals surface area contributed by atoms with Crippen molar-refractivity contribution in [2.75, 3.05) is 6.54 Å². The number of likely N-dealkylation sites (tertiary alicyclic amines) is 1. The molecule has 1 aliphatic carbocycles. The SMILES string of the molecule is C=CCCC1CC1OC(=O)NC(C(=O)N1CC(Oc2nc3cc(C#N)ccc3nc2C(F)(F)C=C)C(CC)C1C(=O)OC(C)(C)C)C(C)(C)C. The largest absolute Gasteiger partial charge is 0.471 e. The van der Waals surface area contributed by atoms with E-state index in [-0.39, 0.29) is 41.6 Å². The molecule has 1 aromatic carbocycles. The van der Waals surface area contributed by atoms with Crippen molar-refractivity contribution < 1.29 is 37.4 Å². The molecule has 50 heavy (non-hydrogen) atoms. The van der Waals surface area contributed by atoms with Crippen LogP contribution in [-0.4, -0.2) is 69.3 Å². The number of halogens is 2. The van der Waals surface area contributed by atoms with Crippen LogP contribution in [-0.2, 0) is 25.0 Å². The highest BCUT2D eigenvalue weighted by Gasteiger charge is 2.53. The first-order valence-corrected chi connectivity index (χ1v) is 16.8. The third-order valence-corrected chi connectivity index (χ3v) is 8.83. The summed E-state index contributed by atoms with van der Waals surface area (Å²) in [7, 11) is 0. The molecular weight excluding hydrogens is 648 g/mol. The molecule has 2 amide bonds. The second kappa shape index (κ2) is 14.7. The number of aromatic nitrogens is 2. The number of ether oxygens (including phenoxy) is 3. The van der Waals surface area contributed by atoms with Gasteiger partial charge in [-0.05, 0) is 82.1 Å². The summed E-state index contributed by atoms with van der Waals surface area (Å²) in [6.45, 7) is 18.9. The molecule has 0 spiro atoms. The van der Waals surface area contributed by atoms with E-state index < -0.39 is 70.6 Å². The zero-order chi connectivity index (χ0) is 37.2. The summed E-state index contributed by atoms with van der Waals surface area (Å²) in [6.07, 6.45) is 2.86. The van der Waals surface area contributed by atoms with Crippen LogP contribution in [0.2, 0.25) is 0 Å². The summed E-state index contributed by atoms with van der Waals surface area (Å²) in [6, 6.07) is 3.92. The number of carbonyl (C=O) groups excluding carboxylic acids is 3.